The summed E-state index contributed by atoms with van der Waals surface area (Å²) in [5.41, 5.74) is 3.96. The number of aliphatic carboxylic acids is 2. The fourth-order valence-corrected chi connectivity index (χ4v) is 2.77. The number of carboxylic acids is 2. The third-order valence-electron chi connectivity index (χ3n) is 4.04. The van der Waals surface area contributed by atoms with Crippen molar-refractivity contribution < 1.29 is 19.8 Å². The smallest absolute Gasteiger partial charge is 0.303 e. The molecule has 0 radical (unpaired) electrons. The van der Waals surface area contributed by atoms with Crippen molar-refractivity contribution in [3.63, 3.8) is 0 Å². The van der Waals surface area contributed by atoms with E-state index >= 15 is 0 Å². The van der Waals surface area contributed by atoms with Crippen LogP contribution in [0.25, 0.3) is 0 Å². The second-order valence-electron chi connectivity index (χ2n) is 6.18. The topological polar surface area (TPSA) is 74.6 Å². The van der Waals surface area contributed by atoms with Crippen molar-refractivity contribution in [2.24, 2.45) is 0 Å². The summed E-state index contributed by atoms with van der Waals surface area (Å²) in [6.45, 7) is 2.09. The van der Waals surface area contributed by atoms with Gasteiger partial charge in [0.15, 0.2) is 0 Å². The van der Waals surface area contributed by atoms with E-state index in [0.717, 1.165) is 51.4 Å². The second-order valence-corrected chi connectivity index (χ2v) is 6.18. The van der Waals surface area contributed by atoms with Gasteiger partial charge in [0.2, 0.25) is 0 Å². The van der Waals surface area contributed by atoms with E-state index in [1.807, 2.05) is 0 Å². The van der Waals surface area contributed by atoms with E-state index < -0.39 is 11.9 Å². The number of hydrogen-bond donors (Lipinski definition) is 2. The molecular weight excluding hydrogens is 292 g/mol. The zero-order valence-electron chi connectivity index (χ0n) is 14.0. The van der Waals surface area contributed by atoms with Gasteiger partial charge in [0.25, 0.3) is 0 Å². The number of unbranched alkanes of at least 4 members (excludes halogenated alkanes) is 4. The van der Waals surface area contributed by atoms with E-state index in [9.17, 15) is 9.59 Å². The molecule has 0 saturated heterocycles. The van der Waals surface area contributed by atoms with E-state index in [0.29, 0.717) is 0 Å². The lowest BCUT2D eigenvalue weighted by atomic mass is 9.95. The minimum atomic E-state index is -0.720. The Kier molecular flexibility index (Phi) is 9.03. The van der Waals surface area contributed by atoms with Gasteiger partial charge >= 0.3 is 11.9 Å². The Hall–Kier alpha value is -1.84. The largest absolute Gasteiger partial charge is 0.481 e. The zero-order valence-corrected chi connectivity index (χ0v) is 14.0. The molecule has 0 atom stereocenters. The minimum Gasteiger partial charge on any atom is -0.481 e. The van der Waals surface area contributed by atoms with E-state index in [4.69, 9.17) is 10.2 Å². The first kappa shape index (κ1) is 19.2. The number of hydrogen-bond acceptors (Lipinski definition) is 2. The van der Waals surface area contributed by atoms with Gasteiger partial charge in [0.1, 0.15) is 0 Å². The van der Waals surface area contributed by atoms with Crippen molar-refractivity contribution in [2.75, 3.05) is 0 Å². The lowest BCUT2D eigenvalue weighted by Crippen LogP contribution is -1.98. The van der Waals surface area contributed by atoms with Gasteiger partial charge in [-0.3, -0.25) is 9.59 Å². The lowest BCUT2D eigenvalue weighted by Gasteiger charge is -2.11. The molecule has 1 aromatic rings. The Bertz CT molecular complexity index is 508. The molecule has 4 heteroatoms. The average molecular weight is 320 g/mol. The molecule has 0 bridgehead atoms. The fourth-order valence-electron chi connectivity index (χ4n) is 2.77. The highest BCUT2D eigenvalue weighted by molar-refractivity contribution is 5.66. The van der Waals surface area contributed by atoms with E-state index in [1.165, 1.54) is 16.7 Å². The predicted molar refractivity (Wildman–Crippen MR) is 90.8 cm³/mol. The van der Waals surface area contributed by atoms with Crippen LogP contribution in [0.4, 0.5) is 0 Å². The molecule has 0 amide bonds. The molecule has 4 nitrogen and oxygen atoms in total. The highest BCUT2D eigenvalue weighted by Gasteiger charge is 2.05. The quantitative estimate of drug-likeness (QED) is 0.561. The van der Waals surface area contributed by atoms with Gasteiger partial charge in [-0.05, 0) is 56.6 Å². The maximum atomic E-state index is 10.5. The van der Waals surface area contributed by atoms with Crippen molar-refractivity contribution in [1.82, 2.24) is 0 Å². The molecule has 0 heterocycles. The predicted octanol–water partition coefficient (Wildman–Crippen LogP) is 4.37. The number of rotatable bonds is 12. The summed E-state index contributed by atoms with van der Waals surface area (Å²) in [4.78, 5) is 21.0. The molecule has 23 heavy (non-hydrogen) atoms. The van der Waals surface area contributed by atoms with Crippen LogP contribution < -0.4 is 0 Å². The van der Waals surface area contributed by atoms with Crippen molar-refractivity contribution in [2.45, 2.75) is 71.1 Å². The molecule has 0 fully saturated rings. The Labute approximate surface area is 138 Å². The van der Waals surface area contributed by atoms with Gasteiger partial charge in [-0.15, -0.1) is 0 Å². The second kappa shape index (κ2) is 10.8. The SMILES string of the molecule is Cc1ccc(CCCCCC(=O)O)c(CCCCCC(=O)O)c1. The van der Waals surface area contributed by atoms with E-state index in [1.54, 1.807) is 0 Å². The first-order chi connectivity index (χ1) is 11.0. The van der Waals surface area contributed by atoms with Crippen LogP contribution in [0.3, 0.4) is 0 Å². The van der Waals surface area contributed by atoms with Crippen LogP contribution in [0.5, 0.6) is 0 Å². The van der Waals surface area contributed by atoms with Gasteiger partial charge < -0.3 is 10.2 Å². The summed E-state index contributed by atoms with van der Waals surface area (Å²) >= 11 is 0. The number of carbonyl (C=O) groups is 2. The average Bonchev–Trinajstić information content (AvgIpc) is 2.47. The summed E-state index contributed by atoms with van der Waals surface area (Å²) in [5, 5.41) is 17.3. The zero-order chi connectivity index (χ0) is 17.1. The van der Waals surface area contributed by atoms with E-state index in [2.05, 4.69) is 25.1 Å². The highest BCUT2D eigenvalue weighted by atomic mass is 16.4. The number of carboxylic acid groups (broad SMARTS) is 2. The molecule has 1 rings (SSSR count). The summed E-state index contributed by atoms with van der Waals surface area (Å²) < 4.78 is 0. The van der Waals surface area contributed by atoms with Crippen LogP contribution >= 0.6 is 0 Å². The Morgan fingerprint density at radius 3 is 1.83 bits per heavy atom. The van der Waals surface area contributed by atoms with Gasteiger partial charge in [-0.1, -0.05) is 36.6 Å². The van der Waals surface area contributed by atoms with E-state index in [-0.39, 0.29) is 12.8 Å². The molecule has 0 aliphatic rings. The van der Waals surface area contributed by atoms with Crippen LogP contribution in [0.1, 0.15) is 68.1 Å². The first-order valence-electron chi connectivity index (χ1n) is 8.51. The Morgan fingerprint density at radius 2 is 1.30 bits per heavy atom. The van der Waals surface area contributed by atoms with Crippen molar-refractivity contribution in [3.05, 3.63) is 34.9 Å². The maximum Gasteiger partial charge on any atom is 0.303 e. The normalized spacial score (nSPS) is 10.7. The molecule has 0 spiro atoms. The van der Waals surface area contributed by atoms with Gasteiger partial charge in [-0.25, -0.2) is 0 Å². The number of benzene rings is 1. The maximum absolute atomic E-state index is 10.5. The molecule has 0 unspecified atom stereocenters. The minimum absolute atomic E-state index is 0.254. The van der Waals surface area contributed by atoms with Gasteiger partial charge in [0, 0.05) is 12.8 Å². The van der Waals surface area contributed by atoms with Crippen LogP contribution in [-0.2, 0) is 22.4 Å². The Balaban J connectivity index is 2.39. The first-order valence-corrected chi connectivity index (χ1v) is 8.51. The number of aryl methyl sites for hydroxylation is 3. The summed E-state index contributed by atoms with van der Waals surface area (Å²) in [6, 6.07) is 6.53. The van der Waals surface area contributed by atoms with Crippen molar-refractivity contribution >= 4 is 11.9 Å². The third kappa shape index (κ3) is 9.01. The lowest BCUT2D eigenvalue weighted by molar-refractivity contribution is -0.138. The highest BCUT2D eigenvalue weighted by Crippen LogP contribution is 2.18. The van der Waals surface area contributed by atoms with Crippen LogP contribution in [0.15, 0.2) is 18.2 Å². The molecule has 2 N–H and O–H groups in total. The molecule has 0 aliphatic carbocycles. The molecular formula is C19H28O4. The van der Waals surface area contributed by atoms with Crippen LogP contribution in [0, 0.1) is 6.92 Å². The van der Waals surface area contributed by atoms with Gasteiger partial charge in [-0.2, -0.15) is 0 Å². The molecule has 0 saturated carbocycles. The molecule has 0 aromatic heterocycles. The molecule has 1 aromatic carbocycles. The third-order valence-corrected chi connectivity index (χ3v) is 4.04. The monoisotopic (exact) mass is 320 g/mol. The van der Waals surface area contributed by atoms with Crippen molar-refractivity contribution in [3.8, 4) is 0 Å². The fraction of sp³-hybridized carbons (Fsp3) is 0.579. The van der Waals surface area contributed by atoms with Crippen LogP contribution in [0.2, 0.25) is 0 Å². The van der Waals surface area contributed by atoms with Crippen molar-refractivity contribution in [1.29, 1.82) is 0 Å². The Morgan fingerprint density at radius 1 is 0.783 bits per heavy atom. The summed E-state index contributed by atoms with van der Waals surface area (Å²) in [7, 11) is 0. The summed E-state index contributed by atoms with van der Waals surface area (Å²) in [6.07, 6.45) is 7.89. The standard InChI is InChI=1S/C19H28O4/c1-15-12-13-16(8-4-2-6-10-18(20)21)17(14-15)9-5-3-7-11-19(22)23/h12-14H,2-11H2,1H3,(H,20,21)(H,22,23). The molecule has 0 aliphatic heterocycles. The molecule has 128 valence electrons. The summed E-state index contributed by atoms with van der Waals surface area (Å²) in [5.74, 6) is -1.44. The van der Waals surface area contributed by atoms with Crippen LogP contribution in [-0.4, -0.2) is 22.2 Å². The van der Waals surface area contributed by atoms with Gasteiger partial charge in [0.05, 0.1) is 0 Å².